The normalized spacial score (nSPS) is 16.8. The molecule has 0 radical (unpaired) electrons. The second-order valence-electron chi connectivity index (χ2n) is 3.13. The SMILES string of the molecule is CCC(CC)N1C(=O)BBC1=O. The minimum atomic E-state index is 0.00806. The second kappa shape index (κ2) is 3.78. The Bertz CT molecular complexity index is 188. The van der Waals surface area contributed by atoms with Crippen LogP contribution in [0.15, 0.2) is 0 Å². The third kappa shape index (κ3) is 1.54. The molecule has 1 aliphatic rings. The van der Waals surface area contributed by atoms with Gasteiger partial charge in [-0.25, -0.2) is 0 Å². The summed E-state index contributed by atoms with van der Waals surface area (Å²) in [6.07, 6.45) is 1.74. The molecule has 0 aromatic rings. The Hall–Kier alpha value is -0.730. The molecular formula is C7H13B2NO2. The average molecular weight is 165 g/mol. The molecule has 0 aromatic carbocycles. The smallest absolute Gasteiger partial charge is 0.211 e. The van der Waals surface area contributed by atoms with Gasteiger partial charge >= 0.3 is 0 Å². The fourth-order valence-corrected chi connectivity index (χ4v) is 1.65. The van der Waals surface area contributed by atoms with E-state index < -0.39 is 0 Å². The number of carbonyl (C=O) groups is 2. The summed E-state index contributed by atoms with van der Waals surface area (Å²) in [6, 6.07) is 0.132. The first-order valence-corrected chi connectivity index (χ1v) is 4.55. The first-order valence-electron chi connectivity index (χ1n) is 4.55. The van der Waals surface area contributed by atoms with Crippen molar-refractivity contribution in [2.45, 2.75) is 32.7 Å². The van der Waals surface area contributed by atoms with Crippen LogP contribution in [0.25, 0.3) is 0 Å². The molecule has 1 saturated heterocycles. The monoisotopic (exact) mass is 165 g/mol. The summed E-state index contributed by atoms with van der Waals surface area (Å²) in [6.45, 7) is 4.01. The van der Waals surface area contributed by atoms with Gasteiger partial charge in [-0.3, -0.25) is 14.5 Å². The van der Waals surface area contributed by atoms with E-state index in [1.807, 2.05) is 13.8 Å². The molecule has 0 unspecified atom stereocenters. The van der Waals surface area contributed by atoms with Gasteiger partial charge in [0.2, 0.25) is 14.3 Å². The summed E-state index contributed by atoms with van der Waals surface area (Å²) in [5.74, 6) is 0.0161. The molecule has 0 bridgehead atoms. The van der Waals surface area contributed by atoms with Gasteiger partial charge in [0, 0.05) is 6.04 Å². The predicted molar refractivity (Wildman–Crippen MR) is 51.3 cm³/mol. The molecule has 0 spiro atoms. The molecule has 0 saturated carbocycles. The highest BCUT2D eigenvalue weighted by atomic mass is 16.2. The topological polar surface area (TPSA) is 37.4 Å². The van der Waals surface area contributed by atoms with E-state index in [0.717, 1.165) is 12.8 Å². The van der Waals surface area contributed by atoms with Crippen LogP contribution >= 0.6 is 0 Å². The molecule has 1 heterocycles. The van der Waals surface area contributed by atoms with Gasteiger partial charge in [0.1, 0.15) is 0 Å². The van der Waals surface area contributed by atoms with Crippen molar-refractivity contribution in [1.82, 2.24) is 4.90 Å². The molecule has 64 valence electrons. The van der Waals surface area contributed by atoms with Crippen LogP contribution in [-0.4, -0.2) is 36.9 Å². The van der Waals surface area contributed by atoms with Crippen LogP contribution < -0.4 is 0 Å². The van der Waals surface area contributed by atoms with Crippen LogP contribution in [0.3, 0.4) is 0 Å². The van der Waals surface area contributed by atoms with E-state index in [9.17, 15) is 9.59 Å². The highest BCUT2D eigenvalue weighted by Crippen LogP contribution is 2.13. The predicted octanol–water partition coefficient (Wildman–Crippen LogP) is 0.519. The first-order chi connectivity index (χ1) is 5.70. The van der Waals surface area contributed by atoms with Gasteiger partial charge in [0.25, 0.3) is 0 Å². The Balaban J connectivity index is 2.70. The second-order valence-corrected chi connectivity index (χ2v) is 3.13. The maximum Gasteiger partial charge on any atom is 0.211 e. The molecule has 2 amide bonds. The molecule has 1 rings (SSSR count). The van der Waals surface area contributed by atoms with Crippen molar-refractivity contribution < 1.29 is 9.59 Å². The Labute approximate surface area is 74.0 Å². The number of amides is 2. The minimum Gasteiger partial charge on any atom is -0.299 e. The van der Waals surface area contributed by atoms with Gasteiger partial charge in [-0.1, -0.05) is 13.8 Å². The lowest BCUT2D eigenvalue weighted by Gasteiger charge is -2.24. The summed E-state index contributed by atoms with van der Waals surface area (Å²) < 4.78 is 0. The number of nitrogens with zero attached hydrogens (tertiary/aromatic N) is 1. The van der Waals surface area contributed by atoms with Crippen molar-refractivity contribution in [2.75, 3.05) is 0 Å². The Morgan fingerprint density at radius 1 is 1.17 bits per heavy atom. The molecule has 5 heteroatoms. The molecular weight excluding hydrogens is 152 g/mol. The van der Waals surface area contributed by atoms with Gasteiger partial charge < -0.3 is 0 Å². The van der Waals surface area contributed by atoms with E-state index >= 15 is 0 Å². The maximum absolute atomic E-state index is 11.2. The summed E-state index contributed by atoms with van der Waals surface area (Å²) in [5, 5.41) is 0. The molecule has 0 atom stereocenters. The van der Waals surface area contributed by atoms with E-state index in [-0.39, 0.29) is 17.7 Å². The number of hydrogen-bond donors (Lipinski definition) is 0. The fraction of sp³-hybridized carbons (Fsp3) is 0.714. The number of carbonyl (C=O) groups excluding carboxylic acids is 2. The number of rotatable bonds is 3. The average Bonchev–Trinajstić information content (AvgIpc) is 2.38. The molecule has 1 aliphatic heterocycles. The number of imide groups is 1. The standard InChI is InChI=1S/C7H13B2NO2/c1-3-5(4-2)10-6(11)8-9-7(10)12/h5,8-9H,3-4H2,1-2H3. The molecule has 1 fully saturated rings. The lowest BCUT2D eigenvalue weighted by Crippen LogP contribution is -2.38. The third-order valence-corrected chi connectivity index (χ3v) is 2.40. The van der Waals surface area contributed by atoms with Gasteiger partial charge in [-0.2, -0.15) is 0 Å². The Morgan fingerprint density at radius 2 is 1.58 bits per heavy atom. The highest BCUT2D eigenvalue weighted by molar-refractivity contribution is 7.30. The van der Waals surface area contributed by atoms with Crippen molar-refractivity contribution >= 4 is 26.0 Å². The zero-order chi connectivity index (χ0) is 9.14. The van der Waals surface area contributed by atoms with Gasteiger partial charge in [0.15, 0.2) is 11.6 Å². The maximum atomic E-state index is 11.2. The van der Waals surface area contributed by atoms with E-state index in [2.05, 4.69) is 0 Å². The van der Waals surface area contributed by atoms with Crippen LogP contribution in [0.2, 0.25) is 0 Å². The minimum absolute atomic E-state index is 0.00806. The van der Waals surface area contributed by atoms with Crippen LogP contribution in [0.4, 0.5) is 9.59 Å². The fourth-order valence-electron chi connectivity index (χ4n) is 1.65. The lowest BCUT2D eigenvalue weighted by atomic mass is 9.42. The zero-order valence-corrected chi connectivity index (χ0v) is 7.67. The van der Waals surface area contributed by atoms with Crippen molar-refractivity contribution in [2.24, 2.45) is 0 Å². The van der Waals surface area contributed by atoms with Crippen molar-refractivity contribution in [3.05, 3.63) is 0 Å². The van der Waals surface area contributed by atoms with Gasteiger partial charge in [-0.15, -0.1) is 0 Å². The van der Waals surface area contributed by atoms with Crippen molar-refractivity contribution in [3.63, 3.8) is 0 Å². The summed E-state index contributed by atoms with van der Waals surface area (Å²) in [4.78, 5) is 23.9. The summed E-state index contributed by atoms with van der Waals surface area (Å²) in [5.41, 5.74) is 0. The molecule has 12 heavy (non-hydrogen) atoms. The van der Waals surface area contributed by atoms with Gasteiger partial charge in [-0.05, 0) is 12.8 Å². The van der Waals surface area contributed by atoms with E-state index in [0.29, 0.717) is 14.3 Å². The Kier molecular flexibility index (Phi) is 2.95. The molecule has 0 N–H and O–H groups in total. The van der Waals surface area contributed by atoms with Crippen LogP contribution in [0.1, 0.15) is 26.7 Å². The van der Waals surface area contributed by atoms with Crippen molar-refractivity contribution in [1.29, 1.82) is 0 Å². The third-order valence-electron chi connectivity index (χ3n) is 2.40. The lowest BCUT2D eigenvalue weighted by molar-refractivity contribution is 0.197. The molecule has 3 nitrogen and oxygen atoms in total. The quantitative estimate of drug-likeness (QED) is 0.571. The zero-order valence-electron chi connectivity index (χ0n) is 7.67. The highest BCUT2D eigenvalue weighted by Gasteiger charge is 2.34. The number of hydrogen-bond acceptors (Lipinski definition) is 2. The van der Waals surface area contributed by atoms with E-state index in [1.165, 1.54) is 4.90 Å². The van der Waals surface area contributed by atoms with Crippen LogP contribution in [-0.2, 0) is 0 Å². The molecule has 0 aliphatic carbocycles. The largest absolute Gasteiger partial charge is 0.299 e. The van der Waals surface area contributed by atoms with E-state index in [1.54, 1.807) is 0 Å². The summed E-state index contributed by atoms with van der Waals surface area (Å²) >= 11 is 0. The Morgan fingerprint density at radius 3 is 1.92 bits per heavy atom. The van der Waals surface area contributed by atoms with Gasteiger partial charge in [0.05, 0.1) is 0 Å². The first kappa shape index (κ1) is 9.36. The van der Waals surface area contributed by atoms with Crippen LogP contribution in [0, 0.1) is 0 Å². The summed E-state index contributed by atoms with van der Waals surface area (Å²) in [7, 11) is 0.824. The molecule has 0 aromatic heterocycles. The van der Waals surface area contributed by atoms with Crippen molar-refractivity contribution in [3.8, 4) is 0 Å². The van der Waals surface area contributed by atoms with Crippen LogP contribution in [0.5, 0.6) is 0 Å². The van der Waals surface area contributed by atoms with E-state index in [4.69, 9.17) is 0 Å².